The van der Waals surface area contributed by atoms with Crippen molar-refractivity contribution in [2.75, 3.05) is 13.1 Å². The van der Waals surface area contributed by atoms with Crippen molar-refractivity contribution in [1.29, 1.82) is 0 Å². The average molecular weight is 300 g/mol. The lowest BCUT2D eigenvalue weighted by molar-refractivity contribution is -0.385. The Hall–Kier alpha value is -1.75. The second-order valence-electron chi connectivity index (χ2n) is 4.02. The highest BCUT2D eigenvalue weighted by atomic mass is 19.3. The zero-order valence-electron chi connectivity index (χ0n) is 10.0. The van der Waals surface area contributed by atoms with E-state index in [0.29, 0.717) is 0 Å². The molecule has 0 aliphatic carbocycles. The fourth-order valence-corrected chi connectivity index (χ4v) is 1.31. The highest BCUT2D eigenvalue weighted by Gasteiger charge is 2.40. The normalized spacial score (nSPS) is 13.7. The Morgan fingerprint density at radius 2 is 2.20 bits per heavy atom. The first-order valence-corrected chi connectivity index (χ1v) is 5.44. The largest absolute Gasteiger partial charge is 0.390 e. The molecule has 0 radical (unpaired) electrons. The standard InChI is InChI=1S/C9H12F4N4O3/c10-8(11)9(12,13)5-14-2-7(18)4-16-3-6(1-15-16)17(19)20/h1,3,7-8,14,18H,2,4-5H2. The number of aliphatic hydroxyl groups is 1. The number of nitrogens with one attached hydrogen (secondary N) is 1. The number of hydrogen-bond acceptors (Lipinski definition) is 5. The minimum absolute atomic E-state index is 0.193. The summed E-state index contributed by atoms with van der Waals surface area (Å²) in [7, 11) is 0. The molecule has 1 heterocycles. The van der Waals surface area contributed by atoms with Crippen LogP contribution in [0.1, 0.15) is 0 Å². The van der Waals surface area contributed by atoms with Crippen LogP contribution in [0.3, 0.4) is 0 Å². The van der Waals surface area contributed by atoms with Crippen LogP contribution in [-0.2, 0) is 6.54 Å². The van der Waals surface area contributed by atoms with E-state index in [4.69, 9.17) is 0 Å². The predicted octanol–water partition coefficient (Wildman–Crippen LogP) is 0.642. The molecule has 1 aromatic heterocycles. The highest BCUT2D eigenvalue weighted by molar-refractivity contribution is 5.20. The van der Waals surface area contributed by atoms with E-state index >= 15 is 0 Å². The lowest BCUT2D eigenvalue weighted by atomic mass is 10.3. The van der Waals surface area contributed by atoms with E-state index in [9.17, 15) is 32.8 Å². The van der Waals surface area contributed by atoms with Gasteiger partial charge in [-0.2, -0.15) is 13.9 Å². The van der Waals surface area contributed by atoms with Gasteiger partial charge in [0.15, 0.2) is 0 Å². The molecular weight excluding hydrogens is 288 g/mol. The lowest BCUT2D eigenvalue weighted by Crippen LogP contribution is -2.42. The summed E-state index contributed by atoms with van der Waals surface area (Å²) in [6.07, 6.45) is -2.98. The van der Waals surface area contributed by atoms with Gasteiger partial charge in [0.05, 0.1) is 24.1 Å². The zero-order chi connectivity index (χ0) is 15.3. The molecule has 114 valence electrons. The molecule has 0 aliphatic rings. The quantitative estimate of drug-likeness (QED) is 0.417. The second-order valence-corrected chi connectivity index (χ2v) is 4.02. The smallest absolute Gasteiger partial charge is 0.319 e. The maximum absolute atomic E-state index is 12.5. The van der Waals surface area contributed by atoms with Crippen LogP contribution >= 0.6 is 0 Å². The first-order valence-electron chi connectivity index (χ1n) is 5.44. The third kappa shape index (κ3) is 4.74. The number of hydrogen-bond donors (Lipinski definition) is 2. The maximum Gasteiger partial charge on any atom is 0.319 e. The third-order valence-electron chi connectivity index (χ3n) is 2.29. The average Bonchev–Trinajstić information content (AvgIpc) is 2.77. The first-order chi connectivity index (χ1) is 9.22. The van der Waals surface area contributed by atoms with Gasteiger partial charge in [-0.3, -0.25) is 14.8 Å². The Balaban J connectivity index is 2.36. The lowest BCUT2D eigenvalue weighted by Gasteiger charge is -2.17. The summed E-state index contributed by atoms with van der Waals surface area (Å²) in [6, 6.07) is 0. The van der Waals surface area contributed by atoms with Gasteiger partial charge in [0, 0.05) is 6.54 Å². The molecule has 1 aromatic rings. The summed E-state index contributed by atoms with van der Waals surface area (Å²) in [6.45, 7) is -1.85. The van der Waals surface area contributed by atoms with Crippen LogP contribution < -0.4 is 5.32 Å². The van der Waals surface area contributed by atoms with E-state index in [2.05, 4.69) is 5.10 Å². The van der Waals surface area contributed by atoms with Crippen molar-refractivity contribution < 1.29 is 27.6 Å². The SMILES string of the molecule is O=[N+]([O-])c1cnn(CC(O)CNCC(F)(F)C(F)F)c1. The number of rotatable bonds is 8. The number of alkyl halides is 4. The van der Waals surface area contributed by atoms with Crippen molar-refractivity contribution in [1.82, 2.24) is 15.1 Å². The monoisotopic (exact) mass is 300 g/mol. The molecular formula is C9H12F4N4O3. The molecule has 2 N–H and O–H groups in total. The number of nitro groups is 1. The summed E-state index contributed by atoms with van der Waals surface area (Å²) in [5.41, 5.74) is -0.283. The minimum atomic E-state index is -4.18. The summed E-state index contributed by atoms with van der Waals surface area (Å²) in [5.74, 6) is -4.18. The van der Waals surface area contributed by atoms with Gasteiger partial charge in [-0.1, -0.05) is 0 Å². The van der Waals surface area contributed by atoms with Crippen LogP contribution in [-0.4, -0.2) is 51.4 Å². The second kappa shape index (κ2) is 6.61. The van der Waals surface area contributed by atoms with Crippen molar-refractivity contribution in [3.8, 4) is 0 Å². The van der Waals surface area contributed by atoms with Crippen molar-refractivity contribution in [3.05, 3.63) is 22.5 Å². The van der Waals surface area contributed by atoms with Crippen LogP contribution in [0.4, 0.5) is 23.2 Å². The van der Waals surface area contributed by atoms with Gasteiger partial charge in [0.1, 0.15) is 12.4 Å². The van der Waals surface area contributed by atoms with Crippen LogP contribution in [0, 0.1) is 10.1 Å². The third-order valence-corrected chi connectivity index (χ3v) is 2.29. The molecule has 0 aromatic carbocycles. The van der Waals surface area contributed by atoms with E-state index in [1.807, 2.05) is 5.32 Å². The van der Waals surface area contributed by atoms with Gasteiger partial charge in [0.2, 0.25) is 0 Å². The molecule has 1 unspecified atom stereocenters. The zero-order valence-corrected chi connectivity index (χ0v) is 10.0. The van der Waals surface area contributed by atoms with Crippen LogP contribution in [0.15, 0.2) is 12.4 Å². The maximum atomic E-state index is 12.5. The molecule has 11 heteroatoms. The van der Waals surface area contributed by atoms with Crippen LogP contribution in [0.5, 0.6) is 0 Å². The van der Waals surface area contributed by atoms with E-state index in [0.717, 1.165) is 17.1 Å². The summed E-state index contributed by atoms with van der Waals surface area (Å²) in [5, 5.41) is 25.4. The Bertz CT molecular complexity index is 454. The molecule has 0 aliphatic heterocycles. The first kappa shape index (κ1) is 16.3. The molecule has 1 atom stereocenters. The molecule has 0 spiro atoms. The summed E-state index contributed by atoms with van der Waals surface area (Å²) >= 11 is 0. The van der Waals surface area contributed by atoms with Crippen molar-refractivity contribution in [3.63, 3.8) is 0 Å². The van der Waals surface area contributed by atoms with Crippen molar-refractivity contribution in [2.45, 2.75) is 25.0 Å². The van der Waals surface area contributed by atoms with Gasteiger partial charge in [-0.05, 0) is 0 Å². The number of aromatic nitrogens is 2. The Labute approximate surface area is 110 Å². The van der Waals surface area contributed by atoms with Crippen molar-refractivity contribution in [2.24, 2.45) is 0 Å². The minimum Gasteiger partial charge on any atom is -0.390 e. The highest BCUT2D eigenvalue weighted by Crippen LogP contribution is 2.21. The molecule has 0 amide bonds. The van der Waals surface area contributed by atoms with Gasteiger partial charge in [-0.15, -0.1) is 0 Å². The van der Waals surface area contributed by atoms with Crippen LogP contribution in [0.2, 0.25) is 0 Å². The van der Waals surface area contributed by atoms with Gasteiger partial charge in [0.25, 0.3) is 0 Å². The Morgan fingerprint density at radius 3 is 2.70 bits per heavy atom. The molecule has 20 heavy (non-hydrogen) atoms. The fraction of sp³-hybridized carbons (Fsp3) is 0.667. The Kier molecular flexibility index (Phi) is 5.39. The number of nitrogens with zero attached hydrogens (tertiary/aromatic N) is 3. The van der Waals surface area contributed by atoms with Gasteiger partial charge in [-0.25, -0.2) is 8.78 Å². The summed E-state index contributed by atoms with van der Waals surface area (Å²) in [4.78, 5) is 9.69. The van der Waals surface area contributed by atoms with E-state index in [-0.39, 0.29) is 18.8 Å². The molecule has 0 fully saturated rings. The van der Waals surface area contributed by atoms with Gasteiger partial charge >= 0.3 is 18.0 Å². The van der Waals surface area contributed by atoms with Crippen LogP contribution in [0.25, 0.3) is 0 Å². The van der Waals surface area contributed by atoms with E-state index in [1.165, 1.54) is 0 Å². The predicted molar refractivity (Wildman–Crippen MR) is 58.7 cm³/mol. The molecule has 0 saturated carbocycles. The number of halogens is 4. The fourth-order valence-electron chi connectivity index (χ4n) is 1.31. The summed E-state index contributed by atoms with van der Waals surface area (Å²) < 4.78 is 49.8. The molecule has 1 rings (SSSR count). The topological polar surface area (TPSA) is 93.2 Å². The molecule has 0 bridgehead atoms. The van der Waals surface area contributed by atoms with E-state index in [1.54, 1.807) is 0 Å². The number of aliphatic hydroxyl groups excluding tert-OH is 1. The van der Waals surface area contributed by atoms with E-state index < -0.39 is 29.9 Å². The van der Waals surface area contributed by atoms with Crippen molar-refractivity contribution >= 4 is 5.69 Å². The van der Waals surface area contributed by atoms with Gasteiger partial charge < -0.3 is 10.4 Å². The molecule has 7 nitrogen and oxygen atoms in total. The molecule has 0 saturated heterocycles. The Morgan fingerprint density at radius 1 is 1.55 bits per heavy atom.